The van der Waals surface area contributed by atoms with Gasteiger partial charge in [0.1, 0.15) is 5.82 Å². The summed E-state index contributed by atoms with van der Waals surface area (Å²) in [6.45, 7) is 1.12. The summed E-state index contributed by atoms with van der Waals surface area (Å²) in [4.78, 5) is 0.484. The number of rotatable bonds is 2. The van der Waals surface area contributed by atoms with E-state index in [-0.39, 0.29) is 10.9 Å². The Balaban J connectivity index is 2.21. The van der Waals surface area contributed by atoms with Gasteiger partial charge in [0.05, 0.1) is 28.3 Å². The summed E-state index contributed by atoms with van der Waals surface area (Å²) in [5.74, 6) is -0.514. The van der Waals surface area contributed by atoms with E-state index >= 15 is 0 Å². The van der Waals surface area contributed by atoms with Gasteiger partial charge in [0.2, 0.25) is 0 Å². The maximum absolute atomic E-state index is 13.1. The van der Waals surface area contributed by atoms with E-state index in [1.54, 1.807) is 6.07 Å². The Hall–Kier alpha value is -0.940. The third-order valence-corrected chi connectivity index (χ3v) is 4.09. The normalized spacial score (nSPS) is 22.9. The molecule has 2 N–H and O–H groups in total. The van der Waals surface area contributed by atoms with Crippen LogP contribution in [-0.4, -0.2) is 22.7 Å². The van der Waals surface area contributed by atoms with Crippen LogP contribution in [0.5, 0.6) is 0 Å². The summed E-state index contributed by atoms with van der Waals surface area (Å²) in [7, 11) is -1.20. The minimum Gasteiger partial charge on any atom is -0.396 e. The fourth-order valence-corrected chi connectivity index (χ4v) is 2.84. The molecule has 0 aliphatic carbocycles. The Bertz CT molecular complexity index is 391. The van der Waals surface area contributed by atoms with Crippen LogP contribution in [0.1, 0.15) is 6.42 Å². The van der Waals surface area contributed by atoms with Crippen molar-refractivity contribution in [2.24, 2.45) is 0 Å². The minimum atomic E-state index is -1.20. The van der Waals surface area contributed by atoms with Crippen molar-refractivity contribution in [3.8, 4) is 0 Å². The maximum Gasteiger partial charge on any atom is 0.147 e. The first-order chi connectivity index (χ1) is 7.18. The first-order valence-electron chi connectivity index (χ1n) is 4.72. The molecule has 3 nitrogen and oxygen atoms in total. The number of nitrogens with two attached hydrogens (primary N) is 1. The summed E-state index contributed by atoms with van der Waals surface area (Å²) < 4.78 is 30.2. The second-order valence-electron chi connectivity index (χ2n) is 3.47. The summed E-state index contributed by atoms with van der Waals surface area (Å²) in [6.07, 6.45) is 0.763. The lowest BCUT2D eigenvalue weighted by Gasteiger charge is -2.08. The van der Waals surface area contributed by atoms with Gasteiger partial charge < -0.3 is 10.5 Å². The van der Waals surface area contributed by atoms with Crippen molar-refractivity contribution in [1.82, 2.24) is 0 Å². The number of nitrogen functional groups attached to an aromatic ring is 1. The van der Waals surface area contributed by atoms with Crippen LogP contribution in [0.4, 0.5) is 10.1 Å². The molecular formula is C10H12FNO2S. The Morgan fingerprint density at radius 1 is 1.53 bits per heavy atom. The highest BCUT2D eigenvalue weighted by Gasteiger charge is 2.23. The van der Waals surface area contributed by atoms with E-state index in [0.29, 0.717) is 18.1 Å². The van der Waals surface area contributed by atoms with E-state index in [9.17, 15) is 8.60 Å². The van der Waals surface area contributed by atoms with Gasteiger partial charge in [0, 0.05) is 11.5 Å². The molecule has 1 aromatic rings. The summed E-state index contributed by atoms with van der Waals surface area (Å²) in [6, 6.07) is 4.29. The van der Waals surface area contributed by atoms with Gasteiger partial charge in [0.25, 0.3) is 0 Å². The molecule has 2 atom stereocenters. The average Bonchev–Trinajstić information content (AvgIpc) is 2.74. The predicted molar refractivity (Wildman–Crippen MR) is 56.4 cm³/mol. The molecule has 82 valence electrons. The maximum atomic E-state index is 13.1. The van der Waals surface area contributed by atoms with E-state index in [1.165, 1.54) is 12.1 Å². The molecule has 2 rings (SSSR count). The van der Waals surface area contributed by atoms with E-state index in [0.717, 1.165) is 6.42 Å². The lowest BCUT2D eigenvalue weighted by Crippen LogP contribution is -2.15. The standard InChI is InChI=1S/C10H12FNO2S/c11-9-5-7(1-2-10(9)12)15(13)8-3-4-14-6-8/h1-2,5,8H,3-4,6,12H2. The van der Waals surface area contributed by atoms with Gasteiger partial charge in [-0.15, -0.1) is 0 Å². The average molecular weight is 229 g/mol. The van der Waals surface area contributed by atoms with Crippen molar-refractivity contribution in [2.75, 3.05) is 18.9 Å². The Kier molecular flexibility index (Phi) is 3.02. The predicted octanol–water partition coefficient (Wildman–Crippen LogP) is 1.30. The van der Waals surface area contributed by atoms with Gasteiger partial charge in [-0.1, -0.05) is 0 Å². The highest BCUT2D eigenvalue weighted by Crippen LogP contribution is 2.21. The van der Waals surface area contributed by atoms with E-state index in [1.807, 2.05) is 0 Å². The molecule has 0 bridgehead atoms. The zero-order valence-electron chi connectivity index (χ0n) is 8.11. The van der Waals surface area contributed by atoms with Gasteiger partial charge in [-0.3, -0.25) is 4.21 Å². The minimum absolute atomic E-state index is 0.0203. The molecule has 1 aliphatic heterocycles. The molecule has 1 saturated heterocycles. The third-order valence-electron chi connectivity index (χ3n) is 2.39. The van der Waals surface area contributed by atoms with Crippen LogP contribution >= 0.6 is 0 Å². The van der Waals surface area contributed by atoms with Crippen LogP contribution in [0.2, 0.25) is 0 Å². The molecule has 15 heavy (non-hydrogen) atoms. The van der Waals surface area contributed by atoms with Gasteiger partial charge in [-0.05, 0) is 24.6 Å². The molecule has 0 saturated carbocycles. The Labute approximate surface area is 89.9 Å². The summed E-state index contributed by atoms with van der Waals surface area (Å²) in [5.41, 5.74) is 5.43. The molecule has 1 aliphatic rings. The van der Waals surface area contributed by atoms with Crippen LogP contribution in [0.25, 0.3) is 0 Å². The monoisotopic (exact) mass is 229 g/mol. The SMILES string of the molecule is Nc1ccc(S(=O)C2CCOC2)cc1F. The summed E-state index contributed by atoms with van der Waals surface area (Å²) >= 11 is 0. The zero-order chi connectivity index (χ0) is 10.8. The van der Waals surface area contributed by atoms with E-state index in [2.05, 4.69) is 0 Å². The first-order valence-corrected chi connectivity index (χ1v) is 5.93. The molecule has 0 radical (unpaired) electrons. The molecule has 2 unspecified atom stereocenters. The largest absolute Gasteiger partial charge is 0.396 e. The molecule has 5 heteroatoms. The summed E-state index contributed by atoms with van der Waals surface area (Å²) in [5, 5.41) is -0.0203. The quantitative estimate of drug-likeness (QED) is 0.778. The number of halogens is 1. The van der Waals surface area contributed by atoms with Crippen molar-refractivity contribution >= 4 is 16.5 Å². The van der Waals surface area contributed by atoms with Gasteiger partial charge >= 0.3 is 0 Å². The Morgan fingerprint density at radius 3 is 2.93 bits per heavy atom. The first kappa shape index (κ1) is 10.6. The molecule has 0 amide bonds. The zero-order valence-corrected chi connectivity index (χ0v) is 8.93. The van der Waals surface area contributed by atoms with Crippen molar-refractivity contribution in [1.29, 1.82) is 0 Å². The molecule has 1 fully saturated rings. The number of hydrogen-bond donors (Lipinski definition) is 1. The van der Waals surface area contributed by atoms with Crippen LogP contribution in [0.3, 0.4) is 0 Å². The molecule has 0 spiro atoms. The second-order valence-corrected chi connectivity index (χ2v) is 5.20. The van der Waals surface area contributed by atoms with Crippen molar-refractivity contribution < 1.29 is 13.3 Å². The lowest BCUT2D eigenvalue weighted by molar-refractivity contribution is 0.199. The van der Waals surface area contributed by atoms with Crippen LogP contribution in [0, 0.1) is 5.82 Å². The molecule has 0 aromatic heterocycles. The fraction of sp³-hybridized carbons (Fsp3) is 0.400. The highest BCUT2D eigenvalue weighted by atomic mass is 32.2. The van der Waals surface area contributed by atoms with Crippen LogP contribution in [0.15, 0.2) is 23.1 Å². The van der Waals surface area contributed by atoms with E-state index in [4.69, 9.17) is 10.5 Å². The number of hydrogen-bond acceptors (Lipinski definition) is 3. The van der Waals surface area contributed by atoms with Crippen molar-refractivity contribution in [2.45, 2.75) is 16.6 Å². The molecule has 1 aromatic carbocycles. The number of ether oxygens (including phenoxy) is 1. The van der Waals surface area contributed by atoms with E-state index < -0.39 is 16.6 Å². The third kappa shape index (κ3) is 2.18. The van der Waals surface area contributed by atoms with Gasteiger partial charge in [-0.2, -0.15) is 0 Å². The smallest absolute Gasteiger partial charge is 0.147 e. The highest BCUT2D eigenvalue weighted by molar-refractivity contribution is 7.85. The van der Waals surface area contributed by atoms with Gasteiger partial charge in [0.15, 0.2) is 0 Å². The Morgan fingerprint density at radius 2 is 2.33 bits per heavy atom. The van der Waals surface area contributed by atoms with Crippen LogP contribution < -0.4 is 5.73 Å². The van der Waals surface area contributed by atoms with Gasteiger partial charge in [-0.25, -0.2) is 4.39 Å². The topological polar surface area (TPSA) is 52.3 Å². The number of benzene rings is 1. The van der Waals surface area contributed by atoms with Crippen molar-refractivity contribution in [3.05, 3.63) is 24.0 Å². The van der Waals surface area contributed by atoms with Crippen molar-refractivity contribution in [3.63, 3.8) is 0 Å². The second kappa shape index (κ2) is 4.28. The fourth-order valence-electron chi connectivity index (χ4n) is 1.51. The number of anilines is 1. The lowest BCUT2D eigenvalue weighted by atomic mass is 10.3. The van der Waals surface area contributed by atoms with Crippen LogP contribution in [-0.2, 0) is 15.5 Å². The molecular weight excluding hydrogens is 217 g/mol. The molecule has 1 heterocycles.